The van der Waals surface area contributed by atoms with Gasteiger partial charge in [-0.3, -0.25) is 9.59 Å². The second kappa shape index (κ2) is 7.93. The Bertz CT molecular complexity index is 726. The number of aryl methyl sites for hydroxylation is 1. The number of benzene rings is 2. The van der Waals surface area contributed by atoms with Crippen LogP contribution in [0.2, 0.25) is 5.02 Å². The molecule has 0 saturated carbocycles. The minimum Gasteiger partial charge on any atom is -0.469 e. The molecule has 0 aliphatic rings. The molecule has 2 rings (SSSR count). The number of carbonyl (C=O) groups excluding carboxylic acids is 2. The molecule has 24 heavy (non-hydrogen) atoms. The number of rotatable bonds is 5. The Morgan fingerprint density at radius 3 is 2.46 bits per heavy atom. The quantitative estimate of drug-likeness (QED) is 0.835. The molecule has 0 bridgehead atoms. The van der Waals surface area contributed by atoms with Gasteiger partial charge in [-0.1, -0.05) is 47.5 Å². The van der Waals surface area contributed by atoms with Crippen LogP contribution in [-0.4, -0.2) is 19.0 Å². The highest BCUT2D eigenvalue weighted by Gasteiger charge is 2.22. The van der Waals surface area contributed by atoms with Crippen molar-refractivity contribution in [1.82, 2.24) is 5.32 Å². The van der Waals surface area contributed by atoms with Gasteiger partial charge in [0, 0.05) is 0 Å². The Morgan fingerprint density at radius 1 is 1.21 bits per heavy atom. The predicted octanol–water partition coefficient (Wildman–Crippen LogP) is 3.82. The summed E-state index contributed by atoms with van der Waals surface area (Å²) in [5.74, 6) is -1.89. The smallest absolute Gasteiger partial charge is 0.307 e. The van der Waals surface area contributed by atoms with Crippen LogP contribution in [0, 0.1) is 12.7 Å². The molecule has 0 radical (unpaired) electrons. The van der Waals surface area contributed by atoms with Crippen molar-refractivity contribution >= 4 is 23.5 Å². The van der Waals surface area contributed by atoms with E-state index in [0.717, 1.165) is 11.6 Å². The summed E-state index contributed by atoms with van der Waals surface area (Å²) in [7, 11) is 1.27. The lowest BCUT2D eigenvalue weighted by atomic mass is 10.0. The third kappa shape index (κ3) is 4.32. The standard InChI is InChI=1S/C18H17ClFNO3/c1-11-6-8-12(9-7-11)15(10-16(22)24-2)21-18(23)17-13(19)4-3-5-14(17)20/h3-9,15H,10H2,1-2H3,(H,21,23). The van der Waals surface area contributed by atoms with Crippen LogP contribution in [0.5, 0.6) is 0 Å². The molecule has 2 aromatic rings. The van der Waals surface area contributed by atoms with Crippen LogP contribution in [0.1, 0.15) is 33.9 Å². The van der Waals surface area contributed by atoms with Gasteiger partial charge in [-0.2, -0.15) is 0 Å². The lowest BCUT2D eigenvalue weighted by molar-refractivity contribution is -0.141. The first-order valence-electron chi connectivity index (χ1n) is 7.30. The van der Waals surface area contributed by atoms with Gasteiger partial charge in [0.25, 0.3) is 5.91 Å². The molecule has 0 saturated heterocycles. The van der Waals surface area contributed by atoms with Gasteiger partial charge < -0.3 is 10.1 Å². The molecule has 0 aliphatic carbocycles. The summed E-state index contributed by atoms with van der Waals surface area (Å²) in [6.07, 6.45) is -0.0721. The maximum absolute atomic E-state index is 13.9. The van der Waals surface area contributed by atoms with Gasteiger partial charge in [0.05, 0.1) is 30.2 Å². The van der Waals surface area contributed by atoms with Gasteiger partial charge in [-0.15, -0.1) is 0 Å². The molecule has 0 aliphatic heterocycles. The Balaban J connectivity index is 2.29. The van der Waals surface area contributed by atoms with Crippen molar-refractivity contribution in [2.45, 2.75) is 19.4 Å². The van der Waals surface area contributed by atoms with Crippen LogP contribution in [0.15, 0.2) is 42.5 Å². The van der Waals surface area contributed by atoms with E-state index in [1.165, 1.54) is 19.2 Å². The highest BCUT2D eigenvalue weighted by Crippen LogP contribution is 2.23. The summed E-state index contributed by atoms with van der Waals surface area (Å²) in [5.41, 5.74) is 1.51. The summed E-state index contributed by atoms with van der Waals surface area (Å²) in [6, 6.07) is 10.7. The molecule has 0 spiro atoms. The van der Waals surface area contributed by atoms with Crippen molar-refractivity contribution in [2.24, 2.45) is 0 Å². The SMILES string of the molecule is COC(=O)CC(NC(=O)c1c(F)cccc1Cl)c1ccc(C)cc1. The number of esters is 1. The molecule has 0 aromatic heterocycles. The molecule has 0 fully saturated rings. The molecule has 1 unspecified atom stereocenters. The van der Waals surface area contributed by atoms with Gasteiger partial charge >= 0.3 is 5.97 Å². The van der Waals surface area contributed by atoms with Gasteiger partial charge in [0.15, 0.2) is 0 Å². The fourth-order valence-electron chi connectivity index (χ4n) is 2.25. The average Bonchev–Trinajstić information content (AvgIpc) is 2.54. The molecule has 1 amide bonds. The van der Waals surface area contributed by atoms with Gasteiger partial charge in [-0.05, 0) is 24.6 Å². The molecule has 2 aromatic carbocycles. The monoisotopic (exact) mass is 349 g/mol. The molecule has 6 heteroatoms. The van der Waals surface area contributed by atoms with Crippen LogP contribution in [0.25, 0.3) is 0 Å². The van der Waals surface area contributed by atoms with E-state index in [1.54, 1.807) is 12.1 Å². The van der Waals surface area contributed by atoms with Crippen molar-refractivity contribution in [3.05, 3.63) is 70.0 Å². The van der Waals surface area contributed by atoms with E-state index in [9.17, 15) is 14.0 Å². The maximum atomic E-state index is 13.9. The zero-order valence-electron chi connectivity index (χ0n) is 13.3. The van der Waals surface area contributed by atoms with Gasteiger partial charge in [0.1, 0.15) is 5.82 Å². The lowest BCUT2D eigenvalue weighted by Gasteiger charge is -2.19. The van der Waals surface area contributed by atoms with E-state index in [2.05, 4.69) is 10.1 Å². The first-order chi connectivity index (χ1) is 11.4. The summed E-state index contributed by atoms with van der Waals surface area (Å²) in [6.45, 7) is 1.93. The molecule has 126 valence electrons. The van der Waals surface area contributed by atoms with Crippen LogP contribution in [0.3, 0.4) is 0 Å². The normalized spacial score (nSPS) is 11.7. The van der Waals surface area contributed by atoms with Crippen LogP contribution < -0.4 is 5.32 Å². The predicted molar refractivity (Wildman–Crippen MR) is 89.4 cm³/mol. The number of carbonyl (C=O) groups is 2. The van der Waals surface area contributed by atoms with Crippen molar-refractivity contribution in [2.75, 3.05) is 7.11 Å². The largest absolute Gasteiger partial charge is 0.469 e. The fraction of sp³-hybridized carbons (Fsp3) is 0.222. The number of amides is 1. The molecule has 4 nitrogen and oxygen atoms in total. The van der Waals surface area contributed by atoms with Crippen LogP contribution >= 0.6 is 11.6 Å². The molecule has 1 atom stereocenters. The van der Waals surface area contributed by atoms with Gasteiger partial charge in [-0.25, -0.2) is 4.39 Å². The third-order valence-electron chi connectivity index (χ3n) is 3.57. The number of nitrogens with one attached hydrogen (secondary N) is 1. The Kier molecular flexibility index (Phi) is 5.93. The summed E-state index contributed by atoms with van der Waals surface area (Å²) in [4.78, 5) is 24.1. The van der Waals surface area contributed by atoms with E-state index in [4.69, 9.17) is 11.6 Å². The summed E-state index contributed by atoms with van der Waals surface area (Å²) < 4.78 is 18.6. The van der Waals surface area contributed by atoms with Gasteiger partial charge in [0.2, 0.25) is 0 Å². The number of ether oxygens (including phenoxy) is 1. The van der Waals surface area contributed by atoms with E-state index >= 15 is 0 Å². The Hall–Kier alpha value is -2.40. The van der Waals surface area contributed by atoms with Crippen LogP contribution in [0.4, 0.5) is 4.39 Å². The summed E-state index contributed by atoms with van der Waals surface area (Å²) in [5, 5.41) is 2.66. The molecular formula is C18H17ClFNO3. The highest BCUT2D eigenvalue weighted by atomic mass is 35.5. The molecular weight excluding hydrogens is 333 g/mol. The van der Waals surface area contributed by atoms with E-state index in [-0.39, 0.29) is 17.0 Å². The highest BCUT2D eigenvalue weighted by molar-refractivity contribution is 6.33. The topological polar surface area (TPSA) is 55.4 Å². The summed E-state index contributed by atoms with van der Waals surface area (Å²) >= 11 is 5.92. The first-order valence-corrected chi connectivity index (χ1v) is 7.68. The number of hydrogen-bond donors (Lipinski definition) is 1. The number of halogens is 2. The van der Waals surface area contributed by atoms with E-state index in [1.807, 2.05) is 19.1 Å². The molecule has 0 heterocycles. The second-order valence-electron chi connectivity index (χ2n) is 5.31. The maximum Gasteiger partial charge on any atom is 0.307 e. The average molecular weight is 350 g/mol. The minimum absolute atomic E-state index is 0.00761. The van der Waals surface area contributed by atoms with E-state index in [0.29, 0.717) is 5.56 Å². The van der Waals surface area contributed by atoms with Crippen molar-refractivity contribution in [1.29, 1.82) is 0 Å². The first kappa shape index (κ1) is 17.9. The second-order valence-corrected chi connectivity index (χ2v) is 5.72. The lowest BCUT2D eigenvalue weighted by Crippen LogP contribution is -2.31. The fourth-order valence-corrected chi connectivity index (χ4v) is 2.49. The third-order valence-corrected chi connectivity index (χ3v) is 3.89. The van der Waals surface area contributed by atoms with Crippen molar-refractivity contribution in [3.8, 4) is 0 Å². The minimum atomic E-state index is -0.722. The zero-order chi connectivity index (χ0) is 17.7. The van der Waals surface area contributed by atoms with Crippen LogP contribution in [-0.2, 0) is 9.53 Å². The Labute approximate surface area is 144 Å². The number of hydrogen-bond acceptors (Lipinski definition) is 3. The Morgan fingerprint density at radius 2 is 1.88 bits per heavy atom. The molecule has 1 N–H and O–H groups in total. The van der Waals surface area contributed by atoms with E-state index < -0.39 is 23.7 Å². The van der Waals surface area contributed by atoms with Crippen molar-refractivity contribution < 1.29 is 18.7 Å². The number of methoxy groups -OCH3 is 1. The van der Waals surface area contributed by atoms with Crippen molar-refractivity contribution in [3.63, 3.8) is 0 Å². The zero-order valence-corrected chi connectivity index (χ0v) is 14.1.